The number of benzene rings is 4. The highest BCUT2D eigenvalue weighted by Gasteiger charge is 2.44. The Labute approximate surface area is 255 Å². The molecule has 232 valence electrons. The Hall–Kier alpha value is -5.06. The number of hydrogen-bond donors (Lipinski definition) is 2. The molecule has 4 aromatic rings. The van der Waals surface area contributed by atoms with E-state index in [-0.39, 0.29) is 46.4 Å². The summed E-state index contributed by atoms with van der Waals surface area (Å²) in [4.78, 5) is 15.6. The molecule has 0 aromatic heterocycles. The first kappa shape index (κ1) is 30.0. The number of ether oxygens (including phenoxy) is 2. The lowest BCUT2D eigenvalue weighted by molar-refractivity contribution is -0.138. The summed E-state index contributed by atoms with van der Waals surface area (Å²) in [6.07, 6.45) is -4.41. The third-order valence-corrected chi connectivity index (χ3v) is 7.64. The van der Waals surface area contributed by atoms with Gasteiger partial charge in [0.2, 0.25) is 0 Å². The number of rotatable bonds is 4. The van der Waals surface area contributed by atoms with E-state index in [1.165, 1.54) is 59.5 Å². The summed E-state index contributed by atoms with van der Waals surface area (Å²) < 4.78 is 83.9. The highest BCUT2D eigenvalue weighted by Crippen LogP contribution is 2.51. The molecule has 2 heterocycles. The molecule has 11 heteroatoms. The zero-order valence-corrected chi connectivity index (χ0v) is 24.1. The highest BCUT2D eigenvalue weighted by atomic mass is 19.4. The number of phenolic OH excluding ortho intramolecular Hbond substituents is 1. The average molecular weight is 623 g/mol. The van der Waals surface area contributed by atoms with Gasteiger partial charge in [0.1, 0.15) is 46.4 Å². The maximum Gasteiger partial charge on any atom is 0.419 e. The number of aromatic hydroxyl groups is 1. The molecule has 6 rings (SSSR count). The minimum atomic E-state index is -4.78. The molecule has 0 saturated heterocycles. The van der Waals surface area contributed by atoms with Crippen molar-refractivity contribution in [3.05, 3.63) is 125 Å². The molecule has 2 N–H and O–H groups in total. The summed E-state index contributed by atoms with van der Waals surface area (Å²) >= 11 is 0. The third kappa shape index (κ3) is 5.65. The molecule has 0 saturated carbocycles. The largest absolute Gasteiger partial charge is 0.506 e. The predicted octanol–water partition coefficient (Wildman–Crippen LogP) is 8.95. The van der Waals surface area contributed by atoms with Crippen LogP contribution in [-0.4, -0.2) is 17.6 Å². The van der Waals surface area contributed by atoms with E-state index in [0.717, 1.165) is 30.3 Å². The Balaban J connectivity index is 1.63. The van der Waals surface area contributed by atoms with Crippen molar-refractivity contribution in [2.75, 3.05) is 16.8 Å². The number of amides is 1. The minimum absolute atomic E-state index is 0.0586. The smallest absolute Gasteiger partial charge is 0.419 e. The number of allylic oxidation sites excluding steroid dienone is 1. The number of anilines is 2. The highest BCUT2D eigenvalue weighted by molar-refractivity contribution is 6.09. The van der Waals surface area contributed by atoms with Gasteiger partial charge in [-0.05, 0) is 55.0 Å². The number of carbonyl (C=O) groups is 1. The number of para-hydroxylation sites is 2. The van der Waals surface area contributed by atoms with Gasteiger partial charge in [-0.25, -0.2) is 8.78 Å². The molecule has 0 radical (unpaired) electrons. The molecule has 1 unspecified atom stereocenters. The Morgan fingerprint density at radius 2 is 1.71 bits per heavy atom. The molecular weight excluding hydrogens is 595 g/mol. The van der Waals surface area contributed by atoms with E-state index in [1.54, 1.807) is 0 Å². The Morgan fingerprint density at radius 3 is 2.47 bits per heavy atom. The molecule has 6 nitrogen and oxygen atoms in total. The SMILES string of the molecule is CC1(C)COC2=C(C1)Nc1c(O)cccc1N(C(=O)c1ccccc1F)C2c1ccc(F)cc1Oc1ccccc1C(F)(F)F. The number of hydrogen-bond acceptors (Lipinski definition) is 5. The van der Waals surface area contributed by atoms with Crippen LogP contribution in [0.2, 0.25) is 0 Å². The van der Waals surface area contributed by atoms with Crippen LogP contribution in [0.4, 0.5) is 33.3 Å². The summed E-state index contributed by atoms with van der Waals surface area (Å²) in [6, 6.07) is 16.2. The number of nitrogens with one attached hydrogen (secondary N) is 1. The fourth-order valence-corrected chi connectivity index (χ4v) is 5.59. The van der Waals surface area contributed by atoms with Gasteiger partial charge in [-0.2, -0.15) is 13.2 Å². The van der Waals surface area contributed by atoms with Crippen LogP contribution in [0.3, 0.4) is 0 Å². The van der Waals surface area contributed by atoms with Crippen LogP contribution in [0.25, 0.3) is 0 Å². The summed E-state index contributed by atoms with van der Waals surface area (Å²) in [5, 5.41) is 14.2. The molecule has 0 spiro atoms. The van der Waals surface area contributed by atoms with Crippen molar-refractivity contribution in [2.45, 2.75) is 32.5 Å². The van der Waals surface area contributed by atoms with E-state index in [2.05, 4.69) is 5.32 Å². The van der Waals surface area contributed by atoms with E-state index in [4.69, 9.17) is 9.47 Å². The van der Waals surface area contributed by atoms with Crippen LogP contribution in [0.5, 0.6) is 17.2 Å². The lowest BCUT2D eigenvalue weighted by Gasteiger charge is -2.38. The number of carbonyl (C=O) groups excluding carboxylic acids is 1. The molecule has 0 fully saturated rings. The van der Waals surface area contributed by atoms with Crippen molar-refractivity contribution in [3.8, 4) is 17.2 Å². The van der Waals surface area contributed by atoms with Gasteiger partial charge in [-0.3, -0.25) is 9.69 Å². The van der Waals surface area contributed by atoms with E-state index < -0.39 is 46.5 Å². The first-order valence-corrected chi connectivity index (χ1v) is 14.0. The maximum absolute atomic E-state index is 15.2. The summed E-state index contributed by atoms with van der Waals surface area (Å²) in [5.41, 5.74) is -1.03. The van der Waals surface area contributed by atoms with Gasteiger partial charge in [0.15, 0.2) is 0 Å². The molecule has 0 aliphatic carbocycles. The van der Waals surface area contributed by atoms with Crippen LogP contribution in [-0.2, 0) is 10.9 Å². The second-order valence-corrected chi connectivity index (χ2v) is 11.6. The Morgan fingerprint density at radius 1 is 0.978 bits per heavy atom. The van der Waals surface area contributed by atoms with Crippen molar-refractivity contribution in [3.63, 3.8) is 0 Å². The predicted molar refractivity (Wildman–Crippen MR) is 157 cm³/mol. The van der Waals surface area contributed by atoms with Crippen molar-refractivity contribution in [1.82, 2.24) is 0 Å². The molecule has 1 amide bonds. The zero-order chi connectivity index (χ0) is 32.1. The Bertz CT molecular complexity index is 1840. The minimum Gasteiger partial charge on any atom is -0.506 e. The van der Waals surface area contributed by atoms with E-state index in [9.17, 15) is 27.5 Å². The molecule has 0 bridgehead atoms. The average Bonchev–Trinajstić information content (AvgIpc) is 3.11. The first-order chi connectivity index (χ1) is 21.3. The molecule has 2 aliphatic rings. The number of fused-ring (bicyclic) bond motifs is 1. The first-order valence-electron chi connectivity index (χ1n) is 14.0. The van der Waals surface area contributed by atoms with Gasteiger partial charge >= 0.3 is 6.18 Å². The second kappa shape index (κ2) is 11.1. The fourth-order valence-electron chi connectivity index (χ4n) is 5.59. The molecule has 1 atom stereocenters. The lowest BCUT2D eigenvalue weighted by atomic mass is 9.85. The third-order valence-electron chi connectivity index (χ3n) is 7.64. The second-order valence-electron chi connectivity index (χ2n) is 11.6. The van der Waals surface area contributed by atoms with Crippen LogP contribution in [0.1, 0.15) is 47.8 Å². The van der Waals surface area contributed by atoms with E-state index >= 15 is 4.39 Å². The number of phenols is 1. The number of halogens is 5. The van der Waals surface area contributed by atoms with Crippen molar-refractivity contribution >= 4 is 17.3 Å². The van der Waals surface area contributed by atoms with Crippen molar-refractivity contribution in [2.24, 2.45) is 5.41 Å². The molecule has 45 heavy (non-hydrogen) atoms. The topological polar surface area (TPSA) is 71.0 Å². The summed E-state index contributed by atoms with van der Waals surface area (Å²) in [6.45, 7) is 4.09. The Kier molecular flexibility index (Phi) is 7.42. The van der Waals surface area contributed by atoms with Gasteiger partial charge in [0.25, 0.3) is 5.91 Å². The van der Waals surface area contributed by atoms with Gasteiger partial charge < -0.3 is 19.9 Å². The summed E-state index contributed by atoms with van der Waals surface area (Å²) in [5.74, 6) is -3.44. The summed E-state index contributed by atoms with van der Waals surface area (Å²) in [7, 11) is 0. The van der Waals surface area contributed by atoms with Gasteiger partial charge in [0.05, 0.1) is 29.1 Å². The zero-order valence-electron chi connectivity index (χ0n) is 24.1. The normalized spacial score (nSPS) is 17.4. The van der Waals surface area contributed by atoms with E-state index in [0.29, 0.717) is 12.1 Å². The van der Waals surface area contributed by atoms with Crippen LogP contribution < -0.4 is 15.0 Å². The molecule has 2 aliphatic heterocycles. The van der Waals surface area contributed by atoms with Gasteiger partial charge in [-0.15, -0.1) is 0 Å². The van der Waals surface area contributed by atoms with Crippen LogP contribution in [0.15, 0.2) is 96.4 Å². The standard InChI is InChI=1S/C34H27F5N2O4/c1-33(2)17-24-31(44-18-33)30(21-15-14-19(35)16-28(21)45-27-13-6-4-9-22(27)34(37,38)39)41(25-11-7-12-26(42)29(25)40-24)32(43)20-8-3-5-10-23(20)36/h3-16,30,40,42H,17-18H2,1-2H3. The molecular formula is C34H27F5N2O4. The number of alkyl halides is 3. The monoisotopic (exact) mass is 622 g/mol. The van der Waals surface area contributed by atoms with Crippen molar-refractivity contribution < 1.29 is 41.3 Å². The van der Waals surface area contributed by atoms with Gasteiger partial charge in [0, 0.05) is 17.0 Å². The quantitative estimate of drug-likeness (QED) is 0.176. The van der Waals surface area contributed by atoms with Crippen molar-refractivity contribution in [1.29, 1.82) is 0 Å². The van der Waals surface area contributed by atoms with Gasteiger partial charge in [-0.1, -0.05) is 44.2 Å². The van der Waals surface area contributed by atoms with E-state index in [1.807, 2.05) is 13.8 Å². The van der Waals surface area contributed by atoms with Crippen LogP contribution >= 0.6 is 0 Å². The maximum atomic E-state index is 15.2. The number of nitrogens with zero attached hydrogens (tertiary/aromatic N) is 1. The fraction of sp³-hybridized carbons (Fsp3) is 0.206. The molecule has 4 aromatic carbocycles. The van der Waals surface area contributed by atoms with Crippen LogP contribution in [0, 0.1) is 17.0 Å². The lowest BCUT2D eigenvalue weighted by Crippen LogP contribution is -2.39.